The number of carbonyl (C=O) groups excluding carboxylic acids is 1. The molecule has 4 rings (SSSR count). The summed E-state index contributed by atoms with van der Waals surface area (Å²) in [6.45, 7) is 2.59. The Morgan fingerprint density at radius 2 is 1.69 bits per heavy atom. The fraction of sp³-hybridized carbons (Fsp3) is 0.292. The van der Waals surface area contributed by atoms with Gasteiger partial charge < -0.3 is 9.64 Å². The quantitative estimate of drug-likeness (QED) is 0.504. The van der Waals surface area contributed by atoms with Gasteiger partial charge in [0.2, 0.25) is 10.0 Å². The summed E-state index contributed by atoms with van der Waals surface area (Å²) in [7, 11) is -3.58. The molecule has 0 unspecified atom stereocenters. The summed E-state index contributed by atoms with van der Waals surface area (Å²) in [6.07, 6.45) is 0.751. The molecule has 2 heterocycles. The molecule has 0 spiro atoms. The van der Waals surface area contributed by atoms with Crippen LogP contribution in [-0.2, 0) is 27.7 Å². The lowest BCUT2D eigenvalue weighted by molar-refractivity contribution is 0.0730. The number of ether oxygens (including phenoxy) is 1. The van der Waals surface area contributed by atoms with E-state index in [0.29, 0.717) is 45.0 Å². The molecular formula is C24H26N2O4S2. The third-order valence-corrected chi connectivity index (χ3v) is 8.21. The van der Waals surface area contributed by atoms with Crippen molar-refractivity contribution in [3.8, 4) is 0 Å². The van der Waals surface area contributed by atoms with Crippen molar-refractivity contribution >= 4 is 27.3 Å². The standard InChI is InChI=1S/C24H26N2O4S2/c27-24(21-8-10-23(11-9-21)32(28,29)26-14-16-30-17-15-26)25(19-22-7-4-18-31-22)13-12-20-5-2-1-3-6-20/h1-11,18H,12-17,19H2. The van der Waals surface area contributed by atoms with Crippen molar-refractivity contribution in [2.45, 2.75) is 17.9 Å². The number of sulfonamides is 1. The molecule has 1 amide bonds. The van der Waals surface area contributed by atoms with Crippen LogP contribution in [-0.4, -0.2) is 56.4 Å². The largest absolute Gasteiger partial charge is 0.379 e. The van der Waals surface area contributed by atoms with Gasteiger partial charge in [0.1, 0.15) is 0 Å². The smallest absolute Gasteiger partial charge is 0.254 e. The monoisotopic (exact) mass is 470 g/mol. The number of thiophene rings is 1. The minimum absolute atomic E-state index is 0.107. The van der Waals surface area contributed by atoms with Crippen LogP contribution in [0.25, 0.3) is 0 Å². The van der Waals surface area contributed by atoms with Gasteiger partial charge in [-0.1, -0.05) is 36.4 Å². The van der Waals surface area contributed by atoms with Crippen LogP contribution in [0.3, 0.4) is 0 Å². The highest BCUT2D eigenvalue weighted by atomic mass is 32.2. The van der Waals surface area contributed by atoms with Crippen molar-refractivity contribution < 1.29 is 17.9 Å². The summed E-state index contributed by atoms with van der Waals surface area (Å²) in [6, 6.07) is 20.3. The average Bonchev–Trinajstić information content (AvgIpc) is 3.36. The Bertz CT molecular complexity index is 1110. The van der Waals surface area contributed by atoms with E-state index in [2.05, 4.69) is 12.1 Å². The molecule has 0 bridgehead atoms. The second-order valence-electron chi connectivity index (χ2n) is 7.58. The minimum atomic E-state index is -3.58. The van der Waals surface area contributed by atoms with Crippen LogP contribution in [0.2, 0.25) is 0 Å². The van der Waals surface area contributed by atoms with Gasteiger partial charge in [0.15, 0.2) is 0 Å². The third-order valence-electron chi connectivity index (χ3n) is 5.44. The van der Waals surface area contributed by atoms with E-state index in [1.807, 2.05) is 40.6 Å². The van der Waals surface area contributed by atoms with Crippen molar-refractivity contribution in [1.82, 2.24) is 9.21 Å². The van der Waals surface area contributed by atoms with Crippen LogP contribution >= 0.6 is 11.3 Å². The van der Waals surface area contributed by atoms with E-state index in [1.165, 1.54) is 22.0 Å². The Morgan fingerprint density at radius 3 is 2.34 bits per heavy atom. The highest BCUT2D eigenvalue weighted by Gasteiger charge is 2.26. The molecule has 0 saturated carbocycles. The van der Waals surface area contributed by atoms with E-state index in [0.717, 1.165) is 11.3 Å². The molecule has 1 aromatic heterocycles. The minimum Gasteiger partial charge on any atom is -0.379 e. The highest BCUT2D eigenvalue weighted by Crippen LogP contribution is 2.20. The first-order valence-corrected chi connectivity index (χ1v) is 12.9. The Hall–Kier alpha value is -2.52. The lowest BCUT2D eigenvalue weighted by atomic mass is 10.1. The first-order chi connectivity index (χ1) is 15.5. The maximum Gasteiger partial charge on any atom is 0.254 e. The lowest BCUT2D eigenvalue weighted by Gasteiger charge is -2.26. The second-order valence-corrected chi connectivity index (χ2v) is 10.6. The van der Waals surface area contributed by atoms with E-state index in [1.54, 1.807) is 23.5 Å². The summed E-state index contributed by atoms with van der Waals surface area (Å²) in [4.78, 5) is 16.4. The normalized spacial score (nSPS) is 14.9. The summed E-state index contributed by atoms with van der Waals surface area (Å²) < 4.78 is 32.4. The van der Waals surface area contributed by atoms with Gasteiger partial charge in [0, 0.05) is 30.1 Å². The first kappa shape index (κ1) is 22.7. The number of hydrogen-bond donors (Lipinski definition) is 0. The number of morpholine rings is 1. The Labute approximate surface area is 193 Å². The zero-order valence-corrected chi connectivity index (χ0v) is 19.4. The van der Waals surface area contributed by atoms with Crippen molar-refractivity contribution in [2.75, 3.05) is 32.8 Å². The number of hydrogen-bond acceptors (Lipinski definition) is 5. The summed E-state index contributed by atoms with van der Waals surface area (Å²) >= 11 is 1.62. The first-order valence-electron chi connectivity index (χ1n) is 10.6. The van der Waals surface area contributed by atoms with Crippen LogP contribution in [0.5, 0.6) is 0 Å². The maximum absolute atomic E-state index is 13.3. The van der Waals surface area contributed by atoms with Gasteiger partial charge in [0.05, 0.1) is 24.7 Å². The summed E-state index contributed by atoms with van der Waals surface area (Å²) in [5.74, 6) is -0.107. The summed E-state index contributed by atoms with van der Waals surface area (Å²) in [5.41, 5.74) is 1.65. The molecule has 32 heavy (non-hydrogen) atoms. The van der Waals surface area contributed by atoms with Crippen molar-refractivity contribution in [3.63, 3.8) is 0 Å². The van der Waals surface area contributed by atoms with Crippen LogP contribution in [0, 0.1) is 0 Å². The molecule has 1 aliphatic rings. The molecule has 0 aliphatic carbocycles. The number of carbonyl (C=O) groups is 1. The van der Waals surface area contributed by atoms with Gasteiger partial charge in [-0.05, 0) is 47.7 Å². The van der Waals surface area contributed by atoms with Crippen molar-refractivity contribution in [2.24, 2.45) is 0 Å². The van der Waals surface area contributed by atoms with Gasteiger partial charge in [-0.25, -0.2) is 8.42 Å². The SMILES string of the molecule is O=C(c1ccc(S(=O)(=O)N2CCOCC2)cc1)N(CCc1ccccc1)Cc1cccs1. The number of rotatable bonds is 8. The van der Waals surface area contributed by atoms with Gasteiger partial charge >= 0.3 is 0 Å². The van der Waals surface area contributed by atoms with E-state index < -0.39 is 10.0 Å². The van der Waals surface area contributed by atoms with Gasteiger partial charge in [-0.3, -0.25) is 4.79 Å². The molecule has 1 fully saturated rings. The molecule has 168 valence electrons. The molecule has 1 aliphatic heterocycles. The number of nitrogens with zero attached hydrogens (tertiary/aromatic N) is 2. The molecule has 6 nitrogen and oxygen atoms in total. The van der Waals surface area contributed by atoms with Crippen LogP contribution < -0.4 is 0 Å². The van der Waals surface area contributed by atoms with E-state index >= 15 is 0 Å². The fourth-order valence-corrected chi connectivity index (χ4v) is 5.77. The van der Waals surface area contributed by atoms with Crippen LogP contribution in [0.1, 0.15) is 20.8 Å². The number of amides is 1. The Balaban J connectivity index is 1.50. The third kappa shape index (κ3) is 5.45. The molecule has 8 heteroatoms. The maximum atomic E-state index is 13.3. The fourth-order valence-electron chi connectivity index (χ4n) is 3.64. The summed E-state index contributed by atoms with van der Waals surface area (Å²) in [5, 5.41) is 2.00. The molecule has 1 saturated heterocycles. The molecule has 3 aromatic rings. The van der Waals surface area contributed by atoms with Crippen molar-refractivity contribution in [1.29, 1.82) is 0 Å². The number of benzene rings is 2. The molecule has 0 atom stereocenters. The van der Waals surface area contributed by atoms with Crippen molar-refractivity contribution in [3.05, 3.63) is 88.1 Å². The second kappa shape index (κ2) is 10.4. The predicted octanol–water partition coefficient (Wildman–Crippen LogP) is 3.65. The predicted molar refractivity (Wildman–Crippen MR) is 125 cm³/mol. The molecular weight excluding hydrogens is 444 g/mol. The van der Waals surface area contributed by atoms with Gasteiger partial charge in [-0.2, -0.15) is 4.31 Å². The Kier molecular flexibility index (Phi) is 7.36. The van der Waals surface area contributed by atoms with E-state index in [9.17, 15) is 13.2 Å². The van der Waals surface area contributed by atoms with Gasteiger partial charge in [-0.15, -0.1) is 11.3 Å². The van der Waals surface area contributed by atoms with Gasteiger partial charge in [0.25, 0.3) is 5.91 Å². The molecule has 0 N–H and O–H groups in total. The topological polar surface area (TPSA) is 66.9 Å². The van der Waals surface area contributed by atoms with E-state index in [-0.39, 0.29) is 10.8 Å². The van der Waals surface area contributed by atoms with Crippen LogP contribution in [0.4, 0.5) is 0 Å². The zero-order chi connectivity index (χ0) is 22.4. The lowest BCUT2D eigenvalue weighted by Crippen LogP contribution is -2.40. The Morgan fingerprint density at radius 1 is 0.969 bits per heavy atom. The molecule has 2 aromatic carbocycles. The average molecular weight is 471 g/mol. The zero-order valence-electron chi connectivity index (χ0n) is 17.7. The van der Waals surface area contributed by atoms with Crippen LogP contribution in [0.15, 0.2) is 77.0 Å². The highest BCUT2D eigenvalue weighted by molar-refractivity contribution is 7.89. The van der Waals surface area contributed by atoms with E-state index in [4.69, 9.17) is 4.74 Å². The molecule has 0 radical (unpaired) electrons.